The predicted molar refractivity (Wildman–Crippen MR) is 127 cm³/mol. The standard InChI is InChI=1S/C26H38O5S.Na/c1-2-3-4-5-6-7-8-9-10-11-12-13-16-22-17-14-15-18-26(22)31-24-19-23(27)20-25(21-24)32(28,29)30;/h14-15,17-21,27H,2-13,16H2,1H3,(H,28,29,30);/q;+1/p-1. The first-order chi connectivity index (χ1) is 15.4. The maximum atomic E-state index is 11.8. The molecule has 0 heterocycles. The minimum absolute atomic E-state index is 0. The molecule has 0 aliphatic heterocycles. The van der Waals surface area contributed by atoms with Crippen LogP contribution in [0.2, 0.25) is 0 Å². The summed E-state index contributed by atoms with van der Waals surface area (Å²) in [6.07, 6.45) is 16.4. The summed E-state index contributed by atoms with van der Waals surface area (Å²) in [6, 6.07) is 10.8. The molecule has 0 aromatic heterocycles. The fourth-order valence-electron chi connectivity index (χ4n) is 3.85. The number of benzene rings is 2. The van der Waals surface area contributed by atoms with Gasteiger partial charge in [0.05, 0.1) is 4.90 Å². The Morgan fingerprint density at radius 2 is 1.36 bits per heavy atom. The van der Waals surface area contributed by atoms with Crippen LogP contribution in [-0.2, 0) is 16.5 Å². The summed E-state index contributed by atoms with van der Waals surface area (Å²) in [4.78, 5) is -0.460. The topological polar surface area (TPSA) is 86.7 Å². The van der Waals surface area contributed by atoms with Crippen LogP contribution in [0.25, 0.3) is 0 Å². The third-order valence-electron chi connectivity index (χ3n) is 5.65. The van der Waals surface area contributed by atoms with E-state index in [9.17, 15) is 18.1 Å². The summed E-state index contributed by atoms with van der Waals surface area (Å²) in [5.74, 6) is 0.170. The molecule has 0 bridgehead atoms. The molecule has 0 spiro atoms. The molecule has 0 unspecified atom stereocenters. The third kappa shape index (κ3) is 12.3. The van der Waals surface area contributed by atoms with E-state index in [1.165, 1.54) is 70.3 Å². The molecule has 2 aromatic rings. The second-order valence-electron chi connectivity index (χ2n) is 8.46. The van der Waals surface area contributed by atoms with E-state index < -0.39 is 20.8 Å². The Balaban J connectivity index is 0.00000544. The molecule has 33 heavy (non-hydrogen) atoms. The van der Waals surface area contributed by atoms with Crippen LogP contribution in [0.5, 0.6) is 17.2 Å². The van der Waals surface area contributed by atoms with Gasteiger partial charge in [0.1, 0.15) is 11.5 Å². The summed E-state index contributed by atoms with van der Waals surface area (Å²) >= 11 is 0. The van der Waals surface area contributed by atoms with E-state index in [0.29, 0.717) is 5.75 Å². The van der Waals surface area contributed by atoms with Crippen molar-refractivity contribution in [2.45, 2.75) is 95.3 Å². The first-order valence-corrected chi connectivity index (χ1v) is 13.4. The van der Waals surface area contributed by atoms with E-state index in [-0.39, 0.29) is 35.3 Å². The van der Waals surface area contributed by atoms with Crippen LogP contribution in [0.15, 0.2) is 47.4 Å². The molecule has 0 aliphatic carbocycles. The van der Waals surface area contributed by atoms with Gasteiger partial charge in [0.2, 0.25) is 0 Å². The Kier molecular flexibility index (Phi) is 15.0. The van der Waals surface area contributed by atoms with Gasteiger partial charge < -0.3 is 9.84 Å². The number of unbranched alkanes of at least 4 members (excludes halogenated alkanes) is 11. The van der Waals surface area contributed by atoms with Crippen LogP contribution in [0.4, 0.5) is 0 Å². The summed E-state index contributed by atoms with van der Waals surface area (Å²) in [7, 11) is -4.46. The molecular formula is C26H37NaO5S. The van der Waals surface area contributed by atoms with Crippen LogP contribution in [0, 0.1) is 0 Å². The van der Waals surface area contributed by atoms with E-state index in [0.717, 1.165) is 37.0 Å². The number of rotatable bonds is 16. The van der Waals surface area contributed by atoms with Gasteiger partial charge in [-0.1, -0.05) is 95.8 Å². The molecule has 1 N–H and O–H groups in total. The minimum Gasteiger partial charge on any atom is -0.872 e. The van der Waals surface area contributed by atoms with Gasteiger partial charge in [-0.15, -0.1) is 5.75 Å². The molecule has 0 aliphatic rings. The number of para-hydroxylation sites is 1. The SMILES string of the molecule is CCCCCCCCCCCCCCc1ccccc1Oc1cc([O-])cc(S(=O)(=O)O)c1.[Na+]. The maximum absolute atomic E-state index is 11.8. The van der Waals surface area contributed by atoms with Crippen LogP contribution in [0.1, 0.15) is 89.5 Å². The van der Waals surface area contributed by atoms with Gasteiger partial charge in [0.15, 0.2) is 0 Å². The summed E-state index contributed by atoms with van der Waals surface area (Å²) in [5, 5.41) is 11.8. The Morgan fingerprint density at radius 3 is 1.94 bits per heavy atom. The Bertz CT molecular complexity index is 915. The number of hydrogen-bond acceptors (Lipinski definition) is 4. The molecule has 178 valence electrons. The van der Waals surface area contributed by atoms with Crippen molar-refractivity contribution in [2.24, 2.45) is 0 Å². The van der Waals surface area contributed by atoms with Gasteiger partial charge in [0, 0.05) is 6.07 Å². The largest absolute Gasteiger partial charge is 1.00 e. The molecule has 2 rings (SSSR count). The van der Waals surface area contributed by atoms with Gasteiger partial charge >= 0.3 is 29.6 Å². The monoisotopic (exact) mass is 484 g/mol. The molecule has 5 nitrogen and oxygen atoms in total. The maximum Gasteiger partial charge on any atom is 1.00 e. The smallest absolute Gasteiger partial charge is 0.872 e. The van der Waals surface area contributed by atoms with Crippen LogP contribution in [0.3, 0.4) is 0 Å². The van der Waals surface area contributed by atoms with Gasteiger partial charge in [-0.05, 0) is 36.6 Å². The molecule has 7 heteroatoms. The average Bonchev–Trinajstić information content (AvgIpc) is 2.74. The van der Waals surface area contributed by atoms with Crippen molar-refractivity contribution >= 4 is 10.1 Å². The zero-order valence-electron chi connectivity index (χ0n) is 20.2. The molecule has 0 amide bonds. The van der Waals surface area contributed by atoms with Crippen LogP contribution >= 0.6 is 0 Å². The first kappa shape index (κ1) is 30.0. The van der Waals surface area contributed by atoms with E-state index >= 15 is 0 Å². The Morgan fingerprint density at radius 1 is 0.818 bits per heavy atom. The normalized spacial score (nSPS) is 11.2. The van der Waals surface area contributed by atoms with Gasteiger partial charge in [-0.2, -0.15) is 8.42 Å². The van der Waals surface area contributed by atoms with Gasteiger partial charge in [0.25, 0.3) is 10.1 Å². The number of hydrogen-bond donors (Lipinski definition) is 1. The summed E-state index contributed by atoms with van der Waals surface area (Å²) in [5.41, 5.74) is 1.02. The first-order valence-electron chi connectivity index (χ1n) is 12.0. The Hall–Kier alpha value is -1.05. The zero-order chi connectivity index (χ0) is 23.2. The summed E-state index contributed by atoms with van der Waals surface area (Å²) in [6.45, 7) is 2.25. The number of ether oxygens (including phenoxy) is 1. The fourth-order valence-corrected chi connectivity index (χ4v) is 4.38. The quantitative estimate of drug-likeness (QED) is 0.221. The van der Waals surface area contributed by atoms with Crippen molar-refractivity contribution in [1.82, 2.24) is 0 Å². The van der Waals surface area contributed by atoms with E-state index in [1.54, 1.807) is 6.07 Å². The van der Waals surface area contributed by atoms with Crippen molar-refractivity contribution in [3.8, 4) is 17.2 Å². The second-order valence-corrected chi connectivity index (χ2v) is 9.89. The molecule has 0 saturated carbocycles. The van der Waals surface area contributed by atoms with Crippen molar-refractivity contribution in [2.75, 3.05) is 0 Å². The molecule has 0 fully saturated rings. The predicted octanol–water partition coefficient (Wildman–Crippen LogP) is 4.05. The van der Waals surface area contributed by atoms with Crippen molar-refractivity contribution in [3.05, 3.63) is 48.0 Å². The van der Waals surface area contributed by atoms with Crippen molar-refractivity contribution < 1.29 is 52.4 Å². The zero-order valence-corrected chi connectivity index (χ0v) is 23.0. The molecular weight excluding hydrogens is 447 g/mol. The average molecular weight is 485 g/mol. The molecule has 2 aromatic carbocycles. The Labute approximate surface area is 222 Å². The van der Waals surface area contributed by atoms with Crippen molar-refractivity contribution in [1.29, 1.82) is 0 Å². The molecule has 0 radical (unpaired) electrons. The number of aryl methyl sites for hydroxylation is 1. The van der Waals surface area contributed by atoms with Gasteiger partial charge in [-0.25, -0.2) is 0 Å². The van der Waals surface area contributed by atoms with E-state index in [1.807, 2.05) is 18.2 Å². The van der Waals surface area contributed by atoms with E-state index in [4.69, 9.17) is 4.74 Å². The minimum atomic E-state index is -4.46. The van der Waals surface area contributed by atoms with E-state index in [2.05, 4.69) is 6.92 Å². The molecule has 0 saturated heterocycles. The third-order valence-corrected chi connectivity index (χ3v) is 6.48. The fraction of sp³-hybridized carbons (Fsp3) is 0.538. The second kappa shape index (κ2) is 16.6. The van der Waals surface area contributed by atoms with Crippen LogP contribution in [-0.4, -0.2) is 13.0 Å². The summed E-state index contributed by atoms with van der Waals surface area (Å²) < 4.78 is 37.7. The van der Waals surface area contributed by atoms with Crippen LogP contribution < -0.4 is 39.4 Å². The molecule has 0 atom stereocenters. The van der Waals surface area contributed by atoms with Gasteiger partial charge in [-0.3, -0.25) is 4.55 Å². The van der Waals surface area contributed by atoms with Crippen molar-refractivity contribution in [3.63, 3.8) is 0 Å².